The third kappa shape index (κ3) is 5.68. The topological polar surface area (TPSA) is 130 Å². The smallest absolute Gasteiger partial charge is 0.270 e. The predicted molar refractivity (Wildman–Crippen MR) is 142 cm³/mol. The third-order valence-electron chi connectivity index (χ3n) is 7.06. The lowest BCUT2D eigenvalue weighted by Gasteiger charge is -2.32. The van der Waals surface area contributed by atoms with Crippen LogP contribution in [0.2, 0.25) is 0 Å². The summed E-state index contributed by atoms with van der Waals surface area (Å²) in [7, 11) is 0. The van der Waals surface area contributed by atoms with Crippen molar-refractivity contribution in [3.8, 4) is 11.3 Å². The van der Waals surface area contributed by atoms with Gasteiger partial charge in [0.1, 0.15) is 11.7 Å². The molecule has 3 aromatic rings. The van der Waals surface area contributed by atoms with Crippen LogP contribution in [0, 0.1) is 25.7 Å². The van der Waals surface area contributed by atoms with Gasteiger partial charge in [-0.2, -0.15) is 10.2 Å². The molecule has 1 aliphatic carbocycles. The van der Waals surface area contributed by atoms with Crippen LogP contribution in [0.3, 0.4) is 0 Å². The second-order valence-corrected chi connectivity index (χ2v) is 9.68. The first-order valence-corrected chi connectivity index (χ1v) is 12.6. The van der Waals surface area contributed by atoms with Gasteiger partial charge in [0.15, 0.2) is 5.82 Å². The molecular formula is C27H34N8O2. The largest absolute Gasteiger partial charge is 0.339 e. The van der Waals surface area contributed by atoms with Crippen LogP contribution in [0.25, 0.3) is 11.3 Å². The van der Waals surface area contributed by atoms with Crippen molar-refractivity contribution in [2.24, 2.45) is 11.8 Å². The highest BCUT2D eigenvalue weighted by Crippen LogP contribution is 2.31. The number of carbonyl (C=O) groups excluding carboxylic acids is 2. The molecule has 10 heteroatoms. The van der Waals surface area contributed by atoms with Crippen LogP contribution in [-0.2, 0) is 4.79 Å². The molecule has 0 aromatic carbocycles. The van der Waals surface area contributed by atoms with Gasteiger partial charge in [-0.25, -0.2) is 9.67 Å². The Morgan fingerprint density at radius 2 is 1.86 bits per heavy atom. The number of aryl methyl sites for hydroxylation is 2. The molecule has 1 atom stereocenters. The summed E-state index contributed by atoms with van der Waals surface area (Å²) in [6.07, 6.45) is 11.7. The fourth-order valence-corrected chi connectivity index (χ4v) is 4.91. The van der Waals surface area contributed by atoms with E-state index in [2.05, 4.69) is 56.0 Å². The Morgan fingerprint density at radius 1 is 1.14 bits per heavy atom. The zero-order valence-electron chi connectivity index (χ0n) is 21.6. The van der Waals surface area contributed by atoms with Crippen LogP contribution in [0.1, 0.15) is 60.5 Å². The lowest BCUT2D eigenvalue weighted by Crippen LogP contribution is -2.49. The van der Waals surface area contributed by atoms with Gasteiger partial charge < -0.3 is 10.6 Å². The van der Waals surface area contributed by atoms with E-state index >= 15 is 0 Å². The molecule has 1 saturated carbocycles. The van der Waals surface area contributed by atoms with Crippen molar-refractivity contribution < 1.29 is 9.59 Å². The SMILES string of the molecule is C=CC(C=C)n1nccc1C(=O)N[C@H](C(=O)Nc1cnc(-c2c(C)n[nH]c2C)cn1)C1CCC(C)CC1. The van der Waals surface area contributed by atoms with E-state index in [0.29, 0.717) is 23.1 Å². The van der Waals surface area contributed by atoms with Crippen molar-refractivity contribution in [2.75, 3.05) is 5.32 Å². The van der Waals surface area contributed by atoms with Crippen LogP contribution >= 0.6 is 0 Å². The van der Waals surface area contributed by atoms with Crippen LogP contribution in [0.5, 0.6) is 0 Å². The summed E-state index contributed by atoms with van der Waals surface area (Å²) < 4.78 is 1.54. The molecule has 0 unspecified atom stereocenters. The number of nitrogens with one attached hydrogen (secondary N) is 3. The maximum Gasteiger partial charge on any atom is 0.270 e. The van der Waals surface area contributed by atoms with E-state index < -0.39 is 6.04 Å². The number of aromatic amines is 1. The lowest BCUT2D eigenvalue weighted by atomic mass is 9.79. The van der Waals surface area contributed by atoms with Gasteiger partial charge in [-0.3, -0.25) is 19.7 Å². The standard InChI is InChI=1S/C27H34N8O2/c1-6-20(7-2)35-22(12-13-30-35)26(36)32-25(19-10-8-16(3)9-11-19)27(37)31-23-15-28-21(14-29-23)24-17(4)33-34-18(24)5/h6-7,12-16,19-20,25H,1-2,8-11H2,3-5H3,(H,32,36)(H,33,34)(H,29,31,37)/t16?,19?,25-/m0/s1. The maximum atomic E-state index is 13.5. The summed E-state index contributed by atoms with van der Waals surface area (Å²) in [5, 5.41) is 17.2. The van der Waals surface area contributed by atoms with Crippen LogP contribution in [-0.4, -0.2) is 47.8 Å². The van der Waals surface area contributed by atoms with E-state index in [-0.39, 0.29) is 23.8 Å². The Kier molecular flexibility index (Phi) is 7.95. The molecule has 37 heavy (non-hydrogen) atoms. The highest BCUT2D eigenvalue weighted by Gasteiger charge is 2.33. The zero-order chi connectivity index (χ0) is 26.5. The summed E-state index contributed by atoms with van der Waals surface area (Å²) in [6.45, 7) is 13.6. The van der Waals surface area contributed by atoms with E-state index in [0.717, 1.165) is 42.6 Å². The molecule has 0 aliphatic heterocycles. The number of amides is 2. The molecule has 2 amide bonds. The van der Waals surface area contributed by atoms with Gasteiger partial charge in [-0.1, -0.05) is 31.9 Å². The number of nitrogens with zero attached hydrogens (tertiary/aromatic N) is 5. The molecule has 0 spiro atoms. The van der Waals surface area contributed by atoms with Gasteiger partial charge in [0.25, 0.3) is 5.91 Å². The van der Waals surface area contributed by atoms with Crippen LogP contribution < -0.4 is 10.6 Å². The highest BCUT2D eigenvalue weighted by atomic mass is 16.2. The van der Waals surface area contributed by atoms with E-state index in [4.69, 9.17) is 0 Å². The molecule has 3 heterocycles. The van der Waals surface area contributed by atoms with Gasteiger partial charge in [-0.15, -0.1) is 13.2 Å². The predicted octanol–water partition coefficient (Wildman–Crippen LogP) is 4.16. The summed E-state index contributed by atoms with van der Waals surface area (Å²) in [4.78, 5) is 35.7. The first kappa shape index (κ1) is 26.0. The number of hydrogen-bond donors (Lipinski definition) is 3. The van der Waals surface area contributed by atoms with Gasteiger partial charge in [0.2, 0.25) is 5.91 Å². The highest BCUT2D eigenvalue weighted by molar-refractivity contribution is 6.00. The average molecular weight is 503 g/mol. The molecule has 4 rings (SSSR count). The number of rotatable bonds is 9. The molecular weight excluding hydrogens is 468 g/mol. The summed E-state index contributed by atoms with van der Waals surface area (Å²) >= 11 is 0. The number of hydrogen-bond acceptors (Lipinski definition) is 6. The Labute approximate surface area is 216 Å². The Morgan fingerprint density at radius 3 is 2.46 bits per heavy atom. The van der Waals surface area contributed by atoms with E-state index in [1.165, 1.54) is 10.9 Å². The Bertz CT molecular complexity index is 1240. The number of aromatic nitrogens is 6. The molecule has 194 valence electrons. The first-order valence-electron chi connectivity index (χ1n) is 12.6. The van der Waals surface area contributed by atoms with Gasteiger partial charge >= 0.3 is 0 Å². The van der Waals surface area contributed by atoms with Crippen LogP contribution in [0.15, 0.2) is 50.0 Å². The van der Waals surface area contributed by atoms with E-state index in [9.17, 15) is 9.59 Å². The average Bonchev–Trinajstić information content (AvgIpc) is 3.51. The molecule has 10 nitrogen and oxygen atoms in total. The summed E-state index contributed by atoms with van der Waals surface area (Å²) in [6, 6.07) is 0.557. The second-order valence-electron chi connectivity index (χ2n) is 9.68. The second kappa shape index (κ2) is 11.3. The van der Waals surface area contributed by atoms with E-state index in [1.54, 1.807) is 30.6 Å². The lowest BCUT2D eigenvalue weighted by molar-refractivity contribution is -0.119. The molecule has 0 radical (unpaired) electrons. The minimum Gasteiger partial charge on any atom is -0.339 e. The van der Waals surface area contributed by atoms with Crippen LogP contribution in [0.4, 0.5) is 5.82 Å². The van der Waals surface area contributed by atoms with Crippen molar-refractivity contribution in [3.05, 3.63) is 67.0 Å². The Hall–Kier alpha value is -4.08. The van der Waals surface area contributed by atoms with Gasteiger partial charge in [0, 0.05) is 17.5 Å². The molecule has 3 N–H and O–H groups in total. The number of H-pyrrole nitrogens is 1. The molecule has 1 fully saturated rings. The molecule has 1 aliphatic rings. The van der Waals surface area contributed by atoms with E-state index in [1.807, 2.05) is 13.8 Å². The van der Waals surface area contributed by atoms with Gasteiger partial charge in [0.05, 0.1) is 29.8 Å². The fourth-order valence-electron chi connectivity index (χ4n) is 4.91. The van der Waals surface area contributed by atoms with Crippen molar-refractivity contribution in [1.29, 1.82) is 0 Å². The fraction of sp³-hybridized carbons (Fsp3) is 0.407. The minimum absolute atomic E-state index is 0.00888. The van der Waals surface area contributed by atoms with Crippen molar-refractivity contribution >= 4 is 17.6 Å². The van der Waals surface area contributed by atoms with Crippen molar-refractivity contribution in [3.63, 3.8) is 0 Å². The quantitative estimate of drug-likeness (QED) is 0.377. The normalized spacial score (nSPS) is 18.3. The summed E-state index contributed by atoms with van der Waals surface area (Å²) in [5.74, 6) is 0.235. The minimum atomic E-state index is -0.728. The number of carbonyl (C=O) groups is 2. The number of allylic oxidation sites excluding steroid dienone is 2. The Balaban J connectivity index is 1.53. The van der Waals surface area contributed by atoms with Crippen molar-refractivity contribution in [1.82, 2.24) is 35.3 Å². The monoisotopic (exact) mass is 502 g/mol. The molecule has 0 saturated heterocycles. The zero-order valence-corrected chi connectivity index (χ0v) is 21.6. The molecule has 3 aromatic heterocycles. The number of anilines is 1. The molecule has 0 bridgehead atoms. The third-order valence-corrected chi connectivity index (χ3v) is 7.06. The first-order chi connectivity index (χ1) is 17.8. The maximum absolute atomic E-state index is 13.5. The van der Waals surface area contributed by atoms with Crippen molar-refractivity contribution in [2.45, 2.75) is 58.5 Å². The summed E-state index contributed by atoms with van der Waals surface area (Å²) in [5.41, 5.74) is 3.61. The van der Waals surface area contributed by atoms with Gasteiger partial charge in [-0.05, 0) is 44.6 Å².